The van der Waals surface area contributed by atoms with E-state index in [1.807, 2.05) is 6.20 Å². The third kappa shape index (κ3) is 6.63. The van der Waals surface area contributed by atoms with Crippen LogP contribution in [0.4, 0.5) is 0 Å². The molecule has 2 aromatic heterocycles. The molecule has 0 atom stereocenters. The maximum absolute atomic E-state index is 5.11. The quantitative estimate of drug-likeness (QED) is 0.163. The Hall–Kier alpha value is -4.96. The summed E-state index contributed by atoms with van der Waals surface area (Å²) in [7, 11) is 0. The van der Waals surface area contributed by atoms with E-state index in [-0.39, 0.29) is 29.1 Å². The highest BCUT2D eigenvalue weighted by Gasteiger charge is 2.62. The summed E-state index contributed by atoms with van der Waals surface area (Å²) in [5.41, 5.74) is 15.8. The second-order valence-electron chi connectivity index (χ2n) is 19.0. The van der Waals surface area contributed by atoms with Crippen molar-refractivity contribution in [2.75, 3.05) is 0 Å². The van der Waals surface area contributed by atoms with E-state index in [1.165, 1.54) is 91.2 Å². The van der Waals surface area contributed by atoms with Gasteiger partial charge in [-0.05, 0) is 106 Å². The van der Waals surface area contributed by atoms with Gasteiger partial charge in [0.25, 0.3) is 0 Å². The molecule has 0 unspecified atom stereocenters. The fraction of sp³-hybridized carbons (Fsp3) is 0.396. The summed E-state index contributed by atoms with van der Waals surface area (Å²) in [6.45, 7) is 15.7. The van der Waals surface area contributed by atoms with Crippen molar-refractivity contribution in [1.29, 1.82) is 0 Å². The molecule has 0 spiro atoms. The van der Waals surface area contributed by atoms with Crippen molar-refractivity contribution in [3.8, 4) is 56.5 Å². The Labute approximate surface area is 341 Å². The number of hydrogen-bond donors (Lipinski definition) is 0. The van der Waals surface area contributed by atoms with Gasteiger partial charge in [-0.3, -0.25) is 4.98 Å². The highest BCUT2D eigenvalue weighted by Crippen LogP contribution is 2.69. The first-order valence-corrected chi connectivity index (χ1v) is 21.1. The van der Waals surface area contributed by atoms with E-state index in [0.29, 0.717) is 17.5 Å². The molecule has 4 heteroatoms. The Balaban J connectivity index is 0.00000455. The van der Waals surface area contributed by atoms with Crippen molar-refractivity contribution in [3.63, 3.8) is 0 Å². The summed E-state index contributed by atoms with van der Waals surface area (Å²) in [4.78, 5) is 20.3. The van der Waals surface area contributed by atoms with Crippen LogP contribution in [0.5, 0.6) is 0 Å². The van der Waals surface area contributed by atoms with Crippen LogP contribution >= 0.6 is 0 Å². The van der Waals surface area contributed by atoms with Crippen molar-refractivity contribution >= 4 is 0 Å². The van der Waals surface area contributed by atoms with E-state index in [2.05, 4.69) is 146 Å². The number of hydrogen-bond acceptors (Lipinski definition) is 4. The summed E-state index contributed by atoms with van der Waals surface area (Å²) in [6.07, 6.45) is 13.5. The average Bonchev–Trinajstić information content (AvgIpc) is 3.78. The lowest BCUT2D eigenvalue weighted by Crippen LogP contribution is -2.43. The van der Waals surface area contributed by atoms with Gasteiger partial charge in [0.05, 0.1) is 5.69 Å². The monoisotopic (exact) mass is 752 g/mol. The molecule has 3 aliphatic carbocycles. The number of aromatic nitrogens is 4. The minimum atomic E-state index is 0. The molecule has 57 heavy (non-hydrogen) atoms. The predicted octanol–water partition coefficient (Wildman–Crippen LogP) is 14.0. The summed E-state index contributed by atoms with van der Waals surface area (Å²) >= 11 is 0. The van der Waals surface area contributed by atoms with Gasteiger partial charge in [0.15, 0.2) is 17.5 Å². The van der Waals surface area contributed by atoms with Crippen molar-refractivity contribution in [2.24, 2.45) is 0 Å². The predicted molar refractivity (Wildman–Crippen MR) is 239 cm³/mol. The molecule has 0 saturated heterocycles. The van der Waals surface area contributed by atoms with Crippen molar-refractivity contribution < 1.29 is 0 Å². The molecule has 0 radical (unpaired) electrons. The number of fused-ring (bicyclic) bond motifs is 3. The zero-order chi connectivity index (χ0) is 38.9. The molecular formula is C53H60N4. The molecule has 4 nitrogen and oxygen atoms in total. The number of pyridine rings is 1. The minimum absolute atomic E-state index is 0. The molecule has 2 saturated carbocycles. The Kier molecular flexibility index (Phi) is 9.86. The molecule has 4 aromatic carbocycles. The third-order valence-corrected chi connectivity index (χ3v) is 13.5. The highest BCUT2D eigenvalue weighted by atomic mass is 15.0. The lowest BCUT2D eigenvalue weighted by molar-refractivity contribution is 0.299. The Morgan fingerprint density at radius 3 is 1.46 bits per heavy atom. The topological polar surface area (TPSA) is 51.6 Å². The standard InChI is InChI=1S/C52H56N4.CH4/c1-8-9-12-34-13-24-41-42-25-18-37(32-44(42)52-29-10-27-51(52,28-11-30-52)43(41)31-34)45-26-19-38(33-53-45)48-55-46(35-14-20-39(21-15-35)49(2,3)4)54-47(56-48)36-16-22-40(23-17-36)50(5,6)7;/h13-26,31-33H,8-12,27-30H2,1-7H3;1H4. The summed E-state index contributed by atoms with van der Waals surface area (Å²) < 4.78 is 0. The van der Waals surface area contributed by atoms with Gasteiger partial charge in [-0.2, -0.15) is 0 Å². The molecule has 2 heterocycles. The Bertz CT molecular complexity index is 2320. The molecule has 0 amide bonds. The van der Waals surface area contributed by atoms with Gasteiger partial charge in [0.1, 0.15) is 0 Å². The SMILES string of the molecule is C.CCCCc1ccc2c(c1)C13CCCC1(CCC3)c1cc(-c3ccc(-c4nc(-c5ccc(C(C)(C)C)cc5)nc(-c5ccc(C(C)(C)C)cc5)n4)cn3)ccc1-2. The van der Waals surface area contributed by atoms with Gasteiger partial charge in [0.2, 0.25) is 0 Å². The molecule has 292 valence electrons. The lowest BCUT2D eigenvalue weighted by Gasteiger charge is -2.48. The summed E-state index contributed by atoms with van der Waals surface area (Å²) in [6, 6.07) is 36.3. The molecule has 0 bridgehead atoms. The molecule has 2 fully saturated rings. The van der Waals surface area contributed by atoms with Crippen molar-refractivity contribution in [2.45, 2.75) is 135 Å². The number of nitrogens with zero attached hydrogens (tertiary/aromatic N) is 4. The van der Waals surface area contributed by atoms with Crippen molar-refractivity contribution in [1.82, 2.24) is 19.9 Å². The minimum Gasteiger partial charge on any atom is -0.255 e. The van der Waals surface area contributed by atoms with Gasteiger partial charge in [0, 0.05) is 39.3 Å². The largest absolute Gasteiger partial charge is 0.255 e. The van der Waals surface area contributed by atoms with Crippen molar-refractivity contribution in [3.05, 3.63) is 131 Å². The van der Waals surface area contributed by atoms with Gasteiger partial charge < -0.3 is 0 Å². The fourth-order valence-corrected chi connectivity index (χ4v) is 10.4. The second kappa shape index (κ2) is 14.5. The lowest BCUT2D eigenvalue weighted by atomic mass is 9.55. The molecule has 3 aliphatic rings. The normalized spacial score (nSPS) is 19.6. The molecule has 0 N–H and O–H groups in total. The van der Waals surface area contributed by atoms with E-state index in [0.717, 1.165) is 22.4 Å². The number of unbranched alkanes of at least 4 members (excludes halogenated alkanes) is 1. The van der Waals surface area contributed by atoms with E-state index < -0.39 is 0 Å². The van der Waals surface area contributed by atoms with Gasteiger partial charge in [-0.1, -0.05) is 154 Å². The number of rotatable bonds is 7. The zero-order valence-corrected chi connectivity index (χ0v) is 34.5. The van der Waals surface area contributed by atoms with E-state index >= 15 is 0 Å². The van der Waals surface area contributed by atoms with E-state index in [1.54, 1.807) is 11.1 Å². The van der Waals surface area contributed by atoms with Crippen LogP contribution < -0.4 is 0 Å². The number of aryl methyl sites for hydroxylation is 1. The fourth-order valence-electron chi connectivity index (χ4n) is 10.4. The van der Waals surface area contributed by atoms with Gasteiger partial charge in [-0.15, -0.1) is 0 Å². The van der Waals surface area contributed by atoms with Crippen LogP contribution in [-0.2, 0) is 28.1 Å². The maximum atomic E-state index is 5.11. The van der Waals surface area contributed by atoms with Crippen LogP contribution in [0.15, 0.2) is 103 Å². The Morgan fingerprint density at radius 2 is 0.982 bits per heavy atom. The van der Waals surface area contributed by atoms with Crippen LogP contribution in [0, 0.1) is 0 Å². The summed E-state index contributed by atoms with van der Waals surface area (Å²) in [5, 5.41) is 0. The first kappa shape index (κ1) is 38.9. The maximum Gasteiger partial charge on any atom is 0.165 e. The molecule has 6 aromatic rings. The first-order valence-electron chi connectivity index (χ1n) is 21.1. The molecule has 0 aliphatic heterocycles. The van der Waals surface area contributed by atoms with Crippen LogP contribution in [0.2, 0.25) is 0 Å². The highest BCUT2D eigenvalue weighted by molar-refractivity contribution is 5.82. The average molecular weight is 753 g/mol. The van der Waals surface area contributed by atoms with Crippen LogP contribution in [0.3, 0.4) is 0 Å². The summed E-state index contributed by atoms with van der Waals surface area (Å²) in [5.74, 6) is 1.96. The van der Waals surface area contributed by atoms with Crippen LogP contribution in [0.25, 0.3) is 56.5 Å². The smallest absolute Gasteiger partial charge is 0.165 e. The third-order valence-electron chi connectivity index (χ3n) is 13.5. The molecular weight excluding hydrogens is 693 g/mol. The Morgan fingerprint density at radius 1 is 0.526 bits per heavy atom. The zero-order valence-electron chi connectivity index (χ0n) is 34.5. The van der Waals surface area contributed by atoms with Crippen LogP contribution in [-0.4, -0.2) is 19.9 Å². The van der Waals surface area contributed by atoms with Crippen LogP contribution in [0.1, 0.15) is 135 Å². The van der Waals surface area contributed by atoms with Gasteiger partial charge >= 0.3 is 0 Å². The first-order chi connectivity index (χ1) is 26.9. The van der Waals surface area contributed by atoms with E-state index in [9.17, 15) is 0 Å². The van der Waals surface area contributed by atoms with Gasteiger partial charge in [-0.25, -0.2) is 15.0 Å². The number of benzene rings is 4. The molecule has 9 rings (SSSR count). The van der Waals surface area contributed by atoms with E-state index in [4.69, 9.17) is 19.9 Å². The second-order valence-corrected chi connectivity index (χ2v) is 19.0.